The second kappa shape index (κ2) is 6.37. The fourth-order valence-corrected chi connectivity index (χ4v) is 7.97. The van der Waals surface area contributed by atoms with Gasteiger partial charge in [-0.05, 0) is 81.5 Å². The lowest BCUT2D eigenvalue weighted by Gasteiger charge is -2.58. The maximum Gasteiger partial charge on any atom is 0.217 e. The summed E-state index contributed by atoms with van der Waals surface area (Å²) in [6.07, 6.45) is 7.68. The lowest BCUT2D eigenvalue weighted by Crippen LogP contribution is -2.57. The highest BCUT2D eigenvalue weighted by Crippen LogP contribution is 2.67. The molecule has 0 heterocycles. The monoisotopic (exact) mass is 411 g/mol. The molecule has 0 spiro atoms. The Hall–Kier alpha value is -0.760. The van der Waals surface area contributed by atoms with Crippen LogP contribution in [0.15, 0.2) is 11.6 Å². The van der Waals surface area contributed by atoms with Gasteiger partial charge >= 0.3 is 0 Å². The highest BCUT2D eigenvalue weighted by molar-refractivity contribution is 7.80. The second-order valence-electron chi connectivity index (χ2n) is 10.0. The second-order valence-corrected chi connectivity index (χ2v) is 11.0. The normalized spacial score (nSPS) is 48.2. The van der Waals surface area contributed by atoms with Crippen LogP contribution in [-0.2, 0) is 19.4 Å². The van der Waals surface area contributed by atoms with Gasteiger partial charge in [0.15, 0.2) is 5.78 Å². The molecule has 6 nitrogen and oxygen atoms in total. The summed E-state index contributed by atoms with van der Waals surface area (Å²) in [6, 6.07) is 0. The van der Waals surface area contributed by atoms with Crippen LogP contribution in [0.2, 0.25) is 0 Å². The number of hydrogen-bond donors (Lipinski definition) is 1. The van der Waals surface area contributed by atoms with Gasteiger partial charge in [-0.2, -0.15) is 0 Å². The first-order chi connectivity index (χ1) is 12.9. The molecule has 3 fully saturated rings. The summed E-state index contributed by atoms with van der Waals surface area (Å²) in [7, 11) is -4.68. The van der Waals surface area contributed by atoms with Crippen molar-refractivity contribution in [2.45, 2.75) is 83.8 Å². The van der Waals surface area contributed by atoms with Crippen LogP contribution < -0.4 is 0 Å². The van der Waals surface area contributed by atoms with E-state index in [1.807, 2.05) is 0 Å². The van der Waals surface area contributed by atoms with E-state index in [9.17, 15) is 22.9 Å². The van der Waals surface area contributed by atoms with Crippen LogP contribution >= 0.6 is 0 Å². The van der Waals surface area contributed by atoms with E-state index in [2.05, 4.69) is 19.9 Å². The molecule has 0 aromatic carbocycles. The van der Waals surface area contributed by atoms with Crippen molar-refractivity contribution in [1.29, 1.82) is 0 Å². The van der Waals surface area contributed by atoms with Crippen molar-refractivity contribution >= 4 is 16.2 Å². The molecule has 28 heavy (non-hydrogen) atoms. The molecule has 0 aromatic rings. The van der Waals surface area contributed by atoms with Gasteiger partial charge in [-0.1, -0.05) is 25.5 Å². The Kier molecular flexibility index (Phi) is 4.66. The molecule has 4 aliphatic carbocycles. The smallest absolute Gasteiger partial charge is 0.217 e. The average molecular weight is 412 g/mol. The molecular weight excluding hydrogens is 380 g/mol. The summed E-state index contributed by atoms with van der Waals surface area (Å²) >= 11 is 0. The van der Waals surface area contributed by atoms with E-state index in [0.717, 1.165) is 32.1 Å². The number of hydrogen-bond acceptors (Lipinski definition) is 6. The number of carbonyl (C=O) groups is 1. The fraction of sp³-hybridized carbons (Fsp3) is 0.857. The molecule has 0 radical (unpaired) electrons. The van der Waals surface area contributed by atoms with Gasteiger partial charge in [-0.25, -0.2) is 8.42 Å². The SMILES string of the molecule is CC(=O)C1(O)CCC2C3CC=C4CC(OS(=O)(=O)[O-])CCC4(C)C3CCC21C. The standard InChI is InChI=1S/C21H32O6S/c1-13(22)21(23)11-8-18-16-5-4-14-12-15(27-28(24,25)26)6-9-19(14,2)17(16)7-10-20(18,21)3/h4,15-18,23H,5-12H2,1-3H3,(H,24,25,26)/p-1. The van der Waals surface area contributed by atoms with E-state index in [1.54, 1.807) is 0 Å². The van der Waals surface area contributed by atoms with Gasteiger partial charge in [0, 0.05) is 5.41 Å². The number of aliphatic hydroxyl groups is 1. The van der Waals surface area contributed by atoms with Crippen molar-refractivity contribution in [3.8, 4) is 0 Å². The van der Waals surface area contributed by atoms with Gasteiger partial charge in [0.1, 0.15) is 5.60 Å². The lowest BCUT2D eigenvalue weighted by molar-refractivity contribution is -0.159. The minimum atomic E-state index is -4.68. The molecule has 7 unspecified atom stereocenters. The molecule has 0 amide bonds. The summed E-state index contributed by atoms with van der Waals surface area (Å²) < 4.78 is 37.7. The first kappa shape index (κ1) is 20.5. The lowest BCUT2D eigenvalue weighted by atomic mass is 9.47. The Morgan fingerprint density at radius 1 is 1.18 bits per heavy atom. The van der Waals surface area contributed by atoms with E-state index in [4.69, 9.17) is 4.18 Å². The summed E-state index contributed by atoms with van der Waals surface area (Å²) in [5.41, 5.74) is -0.370. The molecule has 0 aromatic heterocycles. The highest BCUT2D eigenvalue weighted by atomic mass is 32.3. The van der Waals surface area contributed by atoms with Crippen LogP contribution in [0.25, 0.3) is 0 Å². The fourth-order valence-electron chi connectivity index (χ4n) is 7.47. The van der Waals surface area contributed by atoms with Crippen LogP contribution in [-0.4, -0.2) is 35.6 Å². The predicted octanol–water partition coefficient (Wildman–Crippen LogP) is 3.11. The van der Waals surface area contributed by atoms with E-state index in [1.165, 1.54) is 12.5 Å². The summed E-state index contributed by atoms with van der Waals surface area (Å²) in [4.78, 5) is 12.3. The summed E-state index contributed by atoms with van der Waals surface area (Å²) in [5, 5.41) is 11.2. The zero-order valence-corrected chi connectivity index (χ0v) is 17.8. The first-order valence-corrected chi connectivity index (χ1v) is 11.8. The Bertz CT molecular complexity index is 819. The molecule has 3 saturated carbocycles. The molecule has 0 saturated heterocycles. The molecular formula is C21H31O6S-. The van der Waals surface area contributed by atoms with Crippen LogP contribution in [0.4, 0.5) is 0 Å². The van der Waals surface area contributed by atoms with Gasteiger partial charge in [-0.15, -0.1) is 0 Å². The van der Waals surface area contributed by atoms with Crippen molar-refractivity contribution < 1.29 is 27.1 Å². The number of carbonyl (C=O) groups excluding carboxylic acids is 1. The Labute approximate surface area is 167 Å². The van der Waals surface area contributed by atoms with E-state index >= 15 is 0 Å². The van der Waals surface area contributed by atoms with Crippen molar-refractivity contribution in [3.05, 3.63) is 11.6 Å². The number of rotatable bonds is 3. The quantitative estimate of drug-likeness (QED) is 0.435. The Morgan fingerprint density at radius 3 is 2.50 bits per heavy atom. The topological polar surface area (TPSA) is 104 Å². The molecule has 7 atom stereocenters. The van der Waals surface area contributed by atoms with Crippen LogP contribution in [0.5, 0.6) is 0 Å². The minimum Gasteiger partial charge on any atom is -0.726 e. The third-order valence-corrected chi connectivity index (χ3v) is 9.55. The molecule has 0 aliphatic heterocycles. The number of allylic oxidation sites excluding steroid dienone is 1. The minimum absolute atomic E-state index is 0.0202. The maximum absolute atomic E-state index is 12.3. The first-order valence-electron chi connectivity index (χ1n) is 10.5. The van der Waals surface area contributed by atoms with Gasteiger partial charge < -0.3 is 9.66 Å². The van der Waals surface area contributed by atoms with Gasteiger partial charge in [0.05, 0.1) is 6.10 Å². The molecule has 7 heteroatoms. The molecule has 1 N–H and O–H groups in total. The molecule has 4 aliphatic rings. The predicted molar refractivity (Wildman–Crippen MR) is 102 cm³/mol. The van der Waals surface area contributed by atoms with Crippen LogP contribution in [0, 0.1) is 28.6 Å². The number of fused-ring (bicyclic) bond motifs is 5. The van der Waals surface area contributed by atoms with E-state index in [0.29, 0.717) is 37.0 Å². The van der Waals surface area contributed by atoms with Gasteiger partial charge in [0.25, 0.3) is 0 Å². The molecule has 4 rings (SSSR count). The zero-order chi connectivity index (χ0) is 20.5. The van der Waals surface area contributed by atoms with E-state index in [-0.39, 0.29) is 16.6 Å². The molecule has 0 bridgehead atoms. The van der Waals surface area contributed by atoms with Crippen molar-refractivity contribution in [2.75, 3.05) is 0 Å². The zero-order valence-electron chi connectivity index (χ0n) is 16.9. The maximum atomic E-state index is 12.3. The van der Waals surface area contributed by atoms with Crippen LogP contribution in [0.1, 0.15) is 72.1 Å². The van der Waals surface area contributed by atoms with Crippen molar-refractivity contribution in [2.24, 2.45) is 28.6 Å². The summed E-state index contributed by atoms with van der Waals surface area (Å²) in [5.74, 6) is 1.11. The number of Topliss-reactive ketones (excluding diaryl/α,β-unsaturated/α-hetero) is 1. The van der Waals surface area contributed by atoms with E-state index < -0.39 is 22.1 Å². The largest absolute Gasteiger partial charge is 0.726 e. The Balaban J connectivity index is 1.61. The third kappa shape index (κ3) is 2.84. The van der Waals surface area contributed by atoms with Gasteiger partial charge in [-0.3, -0.25) is 8.98 Å². The van der Waals surface area contributed by atoms with Crippen molar-refractivity contribution in [1.82, 2.24) is 0 Å². The van der Waals surface area contributed by atoms with Crippen LogP contribution in [0.3, 0.4) is 0 Å². The average Bonchev–Trinajstić information content (AvgIpc) is 2.87. The number of ketones is 1. The molecule has 158 valence electrons. The third-order valence-electron chi connectivity index (χ3n) is 9.05. The Morgan fingerprint density at radius 2 is 1.86 bits per heavy atom. The van der Waals surface area contributed by atoms with Gasteiger partial charge in [0.2, 0.25) is 10.4 Å². The van der Waals surface area contributed by atoms with Crippen molar-refractivity contribution in [3.63, 3.8) is 0 Å². The summed E-state index contributed by atoms with van der Waals surface area (Å²) in [6.45, 7) is 5.89. The highest BCUT2D eigenvalue weighted by Gasteiger charge is 2.65.